The third-order valence-corrected chi connectivity index (χ3v) is 4.90. The Morgan fingerprint density at radius 2 is 2.00 bits per heavy atom. The number of carbonyl (C=O) groups excluding carboxylic acids is 1. The molecular formula is C16H23N3O2. The van der Waals surface area contributed by atoms with Gasteiger partial charge in [-0.15, -0.1) is 0 Å². The summed E-state index contributed by atoms with van der Waals surface area (Å²) in [5.74, 6) is 0.207. The Labute approximate surface area is 124 Å². The fourth-order valence-electron chi connectivity index (χ4n) is 3.55. The van der Waals surface area contributed by atoms with Crippen LogP contribution in [0.25, 0.3) is 0 Å². The number of rotatable bonds is 3. The third-order valence-electron chi connectivity index (χ3n) is 4.90. The average molecular weight is 289 g/mol. The predicted octanol–water partition coefficient (Wildman–Crippen LogP) is 1.36. The third kappa shape index (κ3) is 2.45. The van der Waals surface area contributed by atoms with Gasteiger partial charge >= 0.3 is 0 Å². The second-order valence-electron chi connectivity index (χ2n) is 6.17. The average Bonchev–Trinajstić information content (AvgIpc) is 2.84. The van der Waals surface area contributed by atoms with E-state index < -0.39 is 0 Å². The van der Waals surface area contributed by atoms with Crippen LogP contribution in [-0.2, 0) is 11.3 Å². The van der Waals surface area contributed by atoms with Gasteiger partial charge in [-0.05, 0) is 37.8 Å². The van der Waals surface area contributed by atoms with Gasteiger partial charge in [-0.1, -0.05) is 6.92 Å². The van der Waals surface area contributed by atoms with E-state index in [1.165, 1.54) is 0 Å². The van der Waals surface area contributed by atoms with Crippen LogP contribution in [0.4, 0.5) is 5.69 Å². The van der Waals surface area contributed by atoms with Crippen molar-refractivity contribution in [3.8, 4) is 0 Å². The lowest BCUT2D eigenvalue weighted by molar-refractivity contribution is -0.128. The van der Waals surface area contributed by atoms with E-state index in [2.05, 4.69) is 17.1 Å². The van der Waals surface area contributed by atoms with Crippen LogP contribution in [-0.4, -0.2) is 30.1 Å². The van der Waals surface area contributed by atoms with Crippen molar-refractivity contribution in [1.82, 2.24) is 9.88 Å². The Balaban J connectivity index is 1.77. The summed E-state index contributed by atoms with van der Waals surface area (Å²) < 4.78 is 1.78. The summed E-state index contributed by atoms with van der Waals surface area (Å²) in [5, 5.41) is 2.95. The number of hydrogen-bond acceptors (Lipinski definition) is 3. The van der Waals surface area contributed by atoms with Crippen molar-refractivity contribution in [2.24, 2.45) is 5.41 Å². The van der Waals surface area contributed by atoms with Gasteiger partial charge in [0.05, 0.1) is 5.41 Å². The highest BCUT2D eigenvalue weighted by molar-refractivity contribution is 5.85. The molecule has 114 valence electrons. The second kappa shape index (κ2) is 5.54. The number of amides is 1. The zero-order valence-corrected chi connectivity index (χ0v) is 12.6. The van der Waals surface area contributed by atoms with E-state index in [1.807, 2.05) is 18.3 Å². The zero-order valence-electron chi connectivity index (χ0n) is 12.6. The van der Waals surface area contributed by atoms with E-state index in [1.54, 1.807) is 4.57 Å². The summed E-state index contributed by atoms with van der Waals surface area (Å²) in [6.45, 7) is 5.21. The van der Waals surface area contributed by atoms with Crippen LogP contribution in [0.15, 0.2) is 23.1 Å². The molecule has 0 bridgehead atoms. The highest BCUT2D eigenvalue weighted by atomic mass is 16.2. The number of pyridine rings is 1. The first-order valence-corrected chi connectivity index (χ1v) is 7.89. The molecule has 1 amide bonds. The molecule has 2 saturated heterocycles. The SMILES string of the molecule is CCCn1cccc(N2CCC3(CCNC3=O)CC2)c1=O. The minimum Gasteiger partial charge on any atom is -0.367 e. The fourth-order valence-corrected chi connectivity index (χ4v) is 3.55. The van der Waals surface area contributed by atoms with Crippen LogP contribution >= 0.6 is 0 Å². The molecule has 0 aromatic carbocycles. The van der Waals surface area contributed by atoms with Crippen molar-refractivity contribution < 1.29 is 4.79 Å². The maximum absolute atomic E-state index is 12.5. The molecule has 1 spiro atoms. The molecule has 5 nitrogen and oxygen atoms in total. The Morgan fingerprint density at radius 1 is 1.24 bits per heavy atom. The Kier molecular flexibility index (Phi) is 3.74. The minimum atomic E-state index is -0.173. The lowest BCUT2D eigenvalue weighted by Crippen LogP contribution is -2.45. The molecule has 0 atom stereocenters. The number of aryl methyl sites for hydroxylation is 1. The summed E-state index contributed by atoms with van der Waals surface area (Å²) in [5.41, 5.74) is 0.693. The maximum atomic E-state index is 12.5. The zero-order chi connectivity index (χ0) is 14.9. The highest BCUT2D eigenvalue weighted by Crippen LogP contribution is 2.38. The molecule has 0 unspecified atom stereocenters. The van der Waals surface area contributed by atoms with E-state index in [4.69, 9.17) is 0 Å². The van der Waals surface area contributed by atoms with Crippen LogP contribution in [0.2, 0.25) is 0 Å². The van der Waals surface area contributed by atoms with Crippen molar-refractivity contribution in [3.63, 3.8) is 0 Å². The standard InChI is InChI=1S/C16H23N3O2/c1-2-9-19-10-3-4-13(14(19)20)18-11-6-16(7-12-18)5-8-17-15(16)21/h3-4,10H,2,5-9,11-12H2,1H3,(H,17,21). The van der Waals surface area contributed by atoms with Gasteiger partial charge in [0.15, 0.2) is 0 Å². The van der Waals surface area contributed by atoms with E-state index in [0.717, 1.165) is 57.5 Å². The molecule has 5 heteroatoms. The van der Waals surface area contributed by atoms with Crippen molar-refractivity contribution in [3.05, 3.63) is 28.7 Å². The molecule has 2 aliphatic heterocycles. The summed E-state index contributed by atoms with van der Waals surface area (Å²) in [4.78, 5) is 26.6. The van der Waals surface area contributed by atoms with Crippen molar-refractivity contribution in [2.45, 2.75) is 39.2 Å². The molecule has 2 fully saturated rings. The molecule has 0 saturated carbocycles. The molecule has 21 heavy (non-hydrogen) atoms. The molecule has 0 radical (unpaired) electrons. The molecule has 2 aliphatic rings. The van der Waals surface area contributed by atoms with Crippen LogP contribution < -0.4 is 15.8 Å². The Bertz CT molecular complexity index is 585. The van der Waals surface area contributed by atoms with Gasteiger partial charge in [-0.3, -0.25) is 9.59 Å². The molecule has 3 rings (SSSR count). The number of carbonyl (C=O) groups is 1. The van der Waals surface area contributed by atoms with Gasteiger partial charge in [0, 0.05) is 32.4 Å². The monoisotopic (exact) mass is 289 g/mol. The van der Waals surface area contributed by atoms with Gasteiger partial charge < -0.3 is 14.8 Å². The largest absolute Gasteiger partial charge is 0.367 e. The van der Waals surface area contributed by atoms with Crippen LogP contribution in [0.1, 0.15) is 32.6 Å². The molecule has 3 heterocycles. The Morgan fingerprint density at radius 3 is 2.62 bits per heavy atom. The lowest BCUT2D eigenvalue weighted by Gasteiger charge is -2.38. The summed E-state index contributed by atoms with van der Waals surface area (Å²) >= 11 is 0. The first-order chi connectivity index (χ1) is 10.2. The van der Waals surface area contributed by atoms with Gasteiger partial charge in [0.2, 0.25) is 5.91 Å². The van der Waals surface area contributed by atoms with Gasteiger partial charge in [0.25, 0.3) is 5.56 Å². The van der Waals surface area contributed by atoms with Crippen molar-refractivity contribution in [1.29, 1.82) is 0 Å². The summed E-state index contributed by atoms with van der Waals surface area (Å²) in [7, 11) is 0. The molecule has 1 aromatic rings. The highest BCUT2D eigenvalue weighted by Gasteiger charge is 2.44. The quantitative estimate of drug-likeness (QED) is 0.914. The van der Waals surface area contributed by atoms with Crippen LogP contribution in [0.3, 0.4) is 0 Å². The van der Waals surface area contributed by atoms with E-state index in [0.29, 0.717) is 0 Å². The molecular weight excluding hydrogens is 266 g/mol. The lowest BCUT2D eigenvalue weighted by atomic mass is 9.77. The predicted molar refractivity (Wildman–Crippen MR) is 82.5 cm³/mol. The normalized spacial score (nSPS) is 20.8. The maximum Gasteiger partial charge on any atom is 0.274 e. The topological polar surface area (TPSA) is 54.3 Å². The molecule has 1 N–H and O–H groups in total. The van der Waals surface area contributed by atoms with Crippen molar-refractivity contribution in [2.75, 3.05) is 24.5 Å². The number of aromatic nitrogens is 1. The van der Waals surface area contributed by atoms with E-state index in [-0.39, 0.29) is 16.9 Å². The number of anilines is 1. The Hall–Kier alpha value is -1.78. The van der Waals surface area contributed by atoms with Gasteiger partial charge in [-0.2, -0.15) is 0 Å². The van der Waals surface area contributed by atoms with Crippen LogP contribution in [0.5, 0.6) is 0 Å². The second-order valence-corrected chi connectivity index (χ2v) is 6.17. The molecule has 0 aliphatic carbocycles. The number of nitrogens with one attached hydrogen (secondary N) is 1. The van der Waals surface area contributed by atoms with Gasteiger partial charge in [0.1, 0.15) is 5.69 Å². The van der Waals surface area contributed by atoms with Gasteiger partial charge in [-0.25, -0.2) is 0 Å². The smallest absolute Gasteiger partial charge is 0.274 e. The van der Waals surface area contributed by atoms with Crippen LogP contribution in [0, 0.1) is 5.41 Å². The number of nitrogens with zero attached hydrogens (tertiary/aromatic N) is 2. The number of hydrogen-bond donors (Lipinski definition) is 1. The van der Waals surface area contributed by atoms with E-state index >= 15 is 0 Å². The molecule has 1 aromatic heterocycles. The van der Waals surface area contributed by atoms with Crippen molar-refractivity contribution >= 4 is 11.6 Å². The van der Waals surface area contributed by atoms with E-state index in [9.17, 15) is 9.59 Å². The first-order valence-electron chi connectivity index (χ1n) is 7.89. The summed E-state index contributed by atoms with van der Waals surface area (Å²) in [6, 6.07) is 3.85. The number of piperidine rings is 1. The minimum absolute atomic E-state index is 0.0890. The fraction of sp³-hybridized carbons (Fsp3) is 0.625. The first kappa shape index (κ1) is 14.2. The summed E-state index contributed by atoms with van der Waals surface area (Å²) in [6.07, 6.45) is 5.44.